The first-order valence-corrected chi connectivity index (χ1v) is 9.83. The molecular formula is C17H18N2O3S2. The van der Waals surface area contributed by atoms with Gasteiger partial charge in [0, 0.05) is 23.4 Å². The third-order valence-electron chi connectivity index (χ3n) is 3.76. The van der Waals surface area contributed by atoms with Gasteiger partial charge in [-0.3, -0.25) is 9.71 Å². The van der Waals surface area contributed by atoms with Crippen molar-refractivity contribution in [2.75, 3.05) is 13.7 Å². The smallest absolute Gasteiger partial charge is 0.264 e. The standard InChI is InChI=1S/C17H18N2O3S2/c1-12-16(13-5-7-14(22-2)8-6-13)24(20,21)19-17(12)18-10-9-15-4-3-11-23-15/h3-8,11H,9-10H2,1-2H3,(H,18,19). The zero-order chi connectivity index (χ0) is 17.2. The quantitative estimate of drug-likeness (QED) is 0.889. The van der Waals surface area contributed by atoms with E-state index in [1.807, 2.05) is 11.4 Å². The minimum Gasteiger partial charge on any atom is -0.497 e. The summed E-state index contributed by atoms with van der Waals surface area (Å²) in [7, 11) is -2.01. The van der Waals surface area contributed by atoms with Crippen molar-refractivity contribution in [3.63, 3.8) is 0 Å². The first-order valence-electron chi connectivity index (χ1n) is 7.46. The van der Waals surface area contributed by atoms with Crippen LogP contribution < -0.4 is 9.46 Å². The van der Waals surface area contributed by atoms with E-state index in [-0.39, 0.29) is 4.91 Å². The van der Waals surface area contributed by atoms with Gasteiger partial charge >= 0.3 is 0 Å². The average molecular weight is 362 g/mol. The molecule has 1 aromatic carbocycles. The molecule has 7 heteroatoms. The molecule has 0 fully saturated rings. The van der Waals surface area contributed by atoms with Crippen LogP contribution in [0.25, 0.3) is 4.91 Å². The van der Waals surface area contributed by atoms with E-state index in [1.165, 1.54) is 4.88 Å². The van der Waals surface area contributed by atoms with Crippen molar-refractivity contribution < 1.29 is 13.2 Å². The molecule has 126 valence electrons. The van der Waals surface area contributed by atoms with E-state index in [9.17, 15) is 8.42 Å². The Morgan fingerprint density at radius 2 is 1.96 bits per heavy atom. The average Bonchev–Trinajstić information content (AvgIpc) is 3.14. The first-order chi connectivity index (χ1) is 11.5. The lowest BCUT2D eigenvalue weighted by Gasteiger charge is -2.04. The number of methoxy groups -OCH3 is 1. The number of hydrogen-bond acceptors (Lipinski definition) is 5. The lowest BCUT2D eigenvalue weighted by molar-refractivity contribution is 0.415. The lowest BCUT2D eigenvalue weighted by atomic mass is 10.1. The Morgan fingerprint density at radius 3 is 2.58 bits per heavy atom. The number of rotatable bonds is 5. The van der Waals surface area contributed by atoms with Crippen LogP contribution in [0.2, 0.25) is 0 Å². The number of nitrogens with one attached hydrogen (secondary N) is 1. The molecule has 1 N–H and O–H groups in total. The van der Waals surface area contributed by atoms with Crippen LogP contribution in [0.3, 0.4) is 0 Å². The molecule has 1 aromatic heterocycles. The minimum atomic E-state index is -3.58. The first kappa shape index (κ1) is 16.7. The van der Waals surface area contributed by atoms with Crippen LogP contribution >= 0.6 is 11.3 Å². The molecule has 0 amide bonds. The Hall–Kier alpha value is -2.12. The van der Waals surface area contributed by atoms with Gasteiger partial charge in [0.15, 0.2) is 0 Å². The number of nitrogens with zero attached hydrogens (tertiary/aromatic N) is 1. The normalized spacial score (nSPS) is 18.0. The van der Waals surface area contributed by atoms with Gasteiger partial charge in [0.05, 0.1) is 7.11 Å². The van der Waals surface area contributed by atoms with Gasteiger partial charge in [0.1, 0.15) is 16.5 Å². The maximum absolute atomic E-state index is 12.5. The highest BCUT2D eigenvalue weighted by atomic mass is 32.2. The number of amidine groups is 1. The molecule has 0 atom stereocenters. The fraction of sp³-hybridized carbons (Fsp3) is 0.235. The second-order valence-electron chi connectivity index (χ2n) is 5.35. The van der Waals surface area contributed by atoms with E-state index < -0.39 is 10.0 Å². The Morgan fingerprint density at radius 1 is 1.21 bits per heavy atom. The summed E-state index contributed by atoms with van der Waals surface area (Å²) in [5.74, 6) is 1.11. The zero-order valence-electron chi connectivity index (χ0n) is 13.4. The summed E-state index contributed by atoms with van der Waals surface area (Å²) in [5, 5.41) is 2.02. The molecule has 0 aliphatic carbocycles. The van der Waals surface area contributed by atoms with Crippen molar-refractivity contribution in [1.82, 2.24) is 4.72 Å². The Kier molecular flexibility index (Phi) is 4.73. The monoisotopic (exact) mass is 362 g/mol. The number of hydrogen-bond donors (Lipinski definition) is 1. The maximum atomic E-state index is 12.5. The molecular weight excluding hydrogens is 344 g/mol. The number of benzene rings is 1. The molecule has 1 aliphatic heterocycles. The maximum Gasteiger partial charge on any atom is 0.264 e. The van der Waals surface area contributed by atoms with Gasteiger partial charge in [-0.15, -0.1) is 11.3 Å². The molecule has 0 saturated carbocycles. The Labute approximate surface area is 145 Å². The van der Waals surface area contributed by atoms with Crippen LogP contribution in [0.4, 0.5) is 0 Å². The molecule has 5 nitrogen and oxygen atoms in total. The summed E-state index contributed by atoms with van der Waals surface area (Å²) in [6, 6.07) is 11.0. The Bertz CT molecular complexity index is 880. The fourth-order valence-corrected chi connectivity index (χ4v) is 4.78. The van der Waals surface area contributed by atoms with Crippen LogP contribution in [0, 0.1) is 0 Å². The summed E-state index contributed by atoms with van der Waals surface area (Å²) in [6.45, 7) is 2.33. The van der Waals surface area contributed by atoms with Crippen LogP contribution in [-0.4, -0.2) is 27.9 Å². The Balaban J connectivity index is 1.86. The predicted molar refractivity (Wildman–Crippen MR) is 98.0 cm³/mol. The summed E-state index contributed by atoms with van der Waals surface area (Å²) >= 11 is 1.68. The van der Waals surface area contributed by atoms with Crippen LogP contribution in [0.15, 0.2) is 52.3 Å². The molecule has 0 saturated heterocycles. The zero-order valence-corrected chi connectivity index (χ0v) is 15.1. The largest absolute Gasteiger partial charge is 0.497 e. The van der Waals surface area contributed by atoms with Crippen molar-refractivity contribution in [2.24, 2.45) is 4.99 Å². The number of thiophene rings is 1. The van der Waals surface area contributed by atoms with Gasteiger partial charge in [-0.2, -0.15) is 0 Å². The molecule has 0 unspecified atom stereocenters. The van der Waals surface area contributed by atoms with E-state index in [0.717, 1.165) is 6.42 Å². The van der Waals surface area contributed by atoms with Crippen LogP contribution in [0.1, 0.15) is 17.4 Å². The van der Waals surface area contributed by atoms with Crippen molar-refractivity contribution in [2.45, 2.75) is 13.3 Å². The van der Waals surface area contributed by atoms with Gasteiger partial charge in [0.25, 0.3) is 10.0 Å². The highest BCUT2D eigenvalue weighted by molar-refractivity contribution is 8.00. The number of aliphatic imine (C=N–C) groups is 1. The minimum absolute atomic E-state index is 0.278. The number of ether oxygens (including phenoxy) is 1. The van der Waals surface area contributed by atoms with Crippen molar-refractivity contribution in [3.8, 4) is 5.75 Å². The molecule has 1 aliphatic rings. The predicted octanol–water partition coefficient (Wildman–Crippen LogP) is 3.06. The number of sulfonamides is 1. The molecule has 0 radical (unpaired) electrons. The lowest BCUT2D eigenvalue weighted by Crippen LogP contribution is -2.24. The summed E-state index contributed by atoms with van der Waals surface area (Å²) < 4.78 is 32.6. The molecule has 2 aromatic rings. The van der Waals surface area contributed by atoms with Gasteiger partial charge in [-0.25, -0.2) is 8.42 Å². The second-order valence-corrected chi connectivity index (χ2v) is 8.00. The van der Waals surface area contributed by atoms with Gasteiger partial charge in [0.2, 0.25) is 0 Å². The van der Waals surface area contributed by atoms with Gasteiger partial charge in [-0.05, 0) is 48.2 Å². The third kappa shape index (κ3) is 3.37. The summed E-state index contributed by atoms with van der Waals surface area (Å²) in [6.07, 6.45) is 0.800. The van der Waals surface area contributed by atoms with Crippen LogP contribution in [-0.2, 0) is 16.4 Å². The topological polar surface area (TPSA) is 67.8 Å². The summed E-state index contributed by atoms with van der Waals surface area (Å²) in [4.78, 5) is 5.95. The van der Waals surface area contributed by atoms with Crippen molar-refractivity contribution in [3.05, 3.63) is 57.8 Å². The van der Waals surface area contributed by atoms with Gasteiger partial charge < -0.3 is 4.74 Å². The SMILES string of the molecule is COc1ccc(C2=C(C)C(=NCCc3cccs3)NS2(=O)=O)cc1. The van der Waals surface area contributed by atoms with Crippen molar-refractivity contribution >= 4 is 32.1 Å². The van der Waals surface area contributed by atoms with Gasteiger partial charge in [-0.1, -0.05) is 6.07 Å². The van der Waals surface area contributed by atoms with E-state index in [4.69, 9.17) is 4.74 Å². The third-order valence-corrected chi connectivity index (χ3v) is 6.23. The molecule has 0 spiro atoms. The van der Waals surface area contributed by atoms with E-state index in [1.54, 1.807) is 49.6 Å². The second kappa shape index (κ2) is 6.78. The van der Waals surface area contributed by atoms with E-state index >= 15 is 0 Å². The van der Waals surface area contributed by atoms with Crippen LogP contribution in [0.5, 0.6) is 5.75 Å². The molecule has 0 bridgehead atoms. The summed E-state index contributed by atoms with van der Waals surface area (Å²) in [5.41, 5.74) is 1.27. The molecule has 24 heavy (non-hydrogen) atoms. The molecule has 3 rings (SSSR count). The molecule has 2 heterocycles. The highest BCUT2D eigenvalue weighted by Gasteiger charge is 2.32. The van der Waals surface area contributed by atoms with E-state index in [2.05, 4.69) is 15.8 Å². The highest BCUT2D eigenvalue weighted by Crippen LogP contribution is 2.30. The fourth-order valence-electron chi connectivity index (χ4n) is 2.56. The van der Waals surface area contributed by atoms with E-state index in [0.29, 0.717) is 29.3 Å². The van der Waals surface area contributed by atoms with Crippen molar-refractivity contribution in [1.29, 1.82) is 0 Å².